The summed E-state index contributed by atoms with van der Waals surface area (Å²) in [5.74, 6) is 2.62. The zero-order valence-corrected chi connectivity index (χ0v) is 6.25. The van der Waals surface area contributed by atoms with E-state index in [1.165, 1.54) is 0 Å². The molecule has 0 amide bonds. The Morgan fingerprint density at radius 2 is 2.50 bits per heavy atom. The summed E-state index contributed by atoms with van der Waals surface area (Å²) in [5.41, 5.74) is 0. The maximum absolute atomic E-state index is 9.16. The van der Waals surface area contributed by atoms with Crippen molar-refractivity contribution in [2.24, 2.45) is 5.92 Å². The number of nitriles is 1. The highest BCUT2D eigenvalue weighted by Crippen LogP contribution is 2.28. The van der Waals surface area contributed by atoms with Gasteiger partial charge in [0.05, 0.1) is 6.10 Å². The molecule has 0 aromatic carbocycles. The third-order valence-electron chi connectivity index (χ3n) is 2.34. The summed E-state index contributed by atoms with van der Waals surface area (Å²) < 4.78 is 0. The predicted molar refractivity (Wildman–Crippen MR) is 40.8 cm³/mol. The molecule has 1 rings (SSSR count). The molecule has 0 spiro atoms. The van der Waals surface area contributed by atoms with E-state index >= 15 is 0 Å². The maximum Gasteiger partial charge on any atom is 0.268 e. The molecule has 0 radical (unpaired) electrons. The Morgan fingerprint density at radius 3 is 2.80 bits per heavy atom. The van der Waals surface area contributed by atoms with Crippen LogP contribution in [0.25, 0.3) is 0 Å². The van der Waals surface area contributed by atoms with Crippen molar-refractivity contribution in [2.75, 3.05) is 0 Å². The molecule has 1 saturated heterocycles. The number of aliphatic hydroxyl groups is 1. The van der Waals surface area contributed by atoms with Crippen LogP contribution >= 0.6 is 0 Å². The van der Waals surface area contributed by atoms with Gasteiger partial charge in [0.25, 0.3) is 6.71 Å². The minimum atomic E-state index is -0.224. The summed E-state index contributed by atoms with van der Waals surface area (Å²) in [6, 6.07) is 0. The molecule has 1 aliphatic heterocycles. The fourth-order valence-electron chi connectivity index (χ4n) is 1.57. The Bertz CT molecular complexity index is 152. The molecule has 0 saturated carbocycles. The molecule has 54 valence electrons. The van der Waals surface area contributed by atoms with Gasteiger partial charge in [0.2, 0.25) is 0 Å². The van der Waals surface area contributed by atoms with Crippen molar-refractivity contribution in [1.29, 1.82) is 5.26 Å². The first-order valence-corrected chi connectivity index (χ1v) is 3.81. The lowest BCUT2D eigenvalue weighted by molar-refractivity contribution is 0.137. The van der Waals surface area contributed by atoms with Crippen molar-refractivity contribution in [3.63, 3.8) is 0 Å². The topological polar surface area (TPSA) is 44.0 Å². The van der Waals surface area contributed by atoms with E-state index in [-0.39, 0.29) is 12.8 Å². The van der Waals surface area contributed by atoms with Crippen LogP contribution < -0.4 is 0 Å². The van der Waals surface area contributed by atoms with Gasteiger partial charge in [-0.2, -0.15) is 0 Å². The quantitative estimate of drug-likeness (QED) is 0.546. The monoisotopic (exact) mass is 137 g/mol. The van der Waals surface area contributed by atoms with Crippen molar-refractivity contribution in [1.82, 2.24) is 0 Å². The minimum absolute atomic E-state index is 0.208. The fourth-order valence-corrected chi connectivity index (χ4v) is 1.57. The number of rotatable bonds is 1. The van der Waals surface area contributed by atoms with Gasteiger partial charge >= 0.3 is 0 Å². The standard InChI is InChI=1S/C7H12BNO/c1-6(10)7-2-3-8(4-7)5-9/h6-7,10H,2-4H2,1H3/t6?,7-/m1/s1. The number of aliphatic hydroxyl groups excluding tert-OH is 1. The van der Waals surface area contributed by atoms with Gasteiger partial charge < -0.3 is 5.11 Å². The van der Waals surface area contributed by atoms with Crippen molar-refractivity contribution >= 4 is 6.71 Å². The second-order valence-corrected chi connectivity index (χ2v) is 3.14. The molecule has 1 fully saturated rings. The van der Waals surface area contributed by atoms with Crippen LogP contribution in [-0.4, -0.2) is 17.9 Å². The Kier molecular flexibility index (Phi) is 2.34. The van der Waals surface area contributed by atoms with Gasteiger partial charge in [-0.3, -0.25) is 0 Å². The molecule has 1 heterocycles. The van der Waals surface area contributed by atoms with Crippen molar-refractivity contribution in [3.05, 3.63) is 0 Å². The summed E-state index contributed by atoms with van der Waals surface area (Å²) in [7, 11) is 0. The van der Waals surface area contributed by atoms with Crippen LogP contribution in [0.3, 0.4) is 0 Å². The van der Waals surface area contributed by atoms with Gasteiger partial charge in [0.1, 0.15) is 0 Å². The van der Waals surface area contributed by atoms with Gasteiger partial charge in [-0.25, -0.2) is 5.26 Å². The lowest BCUT2D eigenvalue weighted by Gasteiger charge is -2.11. The molecule has 1 unspecified atom stereocenters. The molecule has 3 heteroatoms. The Labute approximate surface area is 61.9 Å². The van der Waals surface area contributed by atoms with Crippen LogP contribution in [-0.2, 0) is 0 Å². The van der Waals surface area contributed by atoms with E-state index in [1.807, 2.05) is 6.92 Å². The summed E-state index contributed by atoms with van der Waals surface area (Å²) in [5, 5.41) is 17.7. The van der Waals surface area contributed by atoms with E-state index in [0.717, 1.165) is 19.1 Å². The third-order valence-corrected chi connectivity index (χ3v) is 2.34. The number of hydrogen-bond donors (Lipinski definition) is 1. The highest BCUT2D eigenvalue weighted by Gasteiger charge is 2.30. The van der Waals surface area contributed by atoms with Gasteiger partial charge in [-0.1, -0.05) is 19.1 Å². The molecule has 2 atom stereocenters. The molecule has 0 aromatic rings. The van der Waals surface area contributed by atoms with Crippen LogP contribution in [0.15, 0.2) is 0 Å². The fraction of sp³-hybridized carbons (Fsp3) is 0.857. The molecule has 2 nitrogen and oxygen atoms in total. The average molecular weight is 137 g/mol. The molecule has 10 heavy (non-hydrogen) atoms. The van der Waals surface area contributed by atoms with Crippen LogP contribution in [0.4, 0.5) is 0 Å². The molecular formula is C7H12BNO. The second kappa shape index (κ2) is 3.07. The largest absolute Gasteiger partial charge is 0.393 e. The molecule has 0 bridgehead atoms. The summed E-state index contributed by atoms with van der Waals surface area (Å²) in [6.45, 7) is 2.02. The van der Waals surface area contributed by atoms with Crippen molar-refractivity contribution in [2.45, 2.75) is 32.1 Å². The molecule has 1 N–H and O–H groups in total. The summed E-state index contributed by atoms with van der Waals surface area (Å²) in [6.07, 6.45) is 2.68. The average Bonchev–Trinajstić information content (AvgIpc) is 2.34. The normalized spacial score (nSPS) is 28.1. The first-order valence-electron chi connectivity index (χ1n) is 3.81. The molecular weight excluding hydrogens is 125 g/mol. The highest BCUT2D eigenvalue weighted by molar-refractivity contribution is 6.67. The second-order valence-electron chi connectivity index (χ2n) is 3.14. The Balaban J connectivity index is 2.37. The van der Waals surface area contributed by atoms with E-state index in [0.29, 0.717) is 5.92 Å². The summed E-state index contributed by atoms with van der Waals surface area (Å²) >= 11 is 0. The van der Waals surface area contributed by atoms with E-state index in [2.05, 4.69) is 5.97 Å². The minimum Gasteiger partial charge on any atom is -0.393 e. The van der Waals surface area contributed by atoms with Gasteiger partial charge in [0.15, 0.2) is 0 Å². The Morgan fingerprint density at radius 1 is 1.80 bits per heavy atom. The maximum atomic E-state index is 9.16. The smallest absolute Gasteiger partial charge is 0.268 e. The first-order chi connectivity index (χ1) is 4.74. The van der Waals surface area contributed by atoms with Gasteiger partial charge in [0, 0.05) is 5.97 Å². The highest BCUT2D eigenvalue weighted by atomic mass is 16.3. The number of hydrogen-bond acceptors (Lipinski definition) is 2. The molecule has 0 aromatic heterocycles. The molecule has 0 aliphatic carbocycles. The zero-order chi connectivity index (χ0) is 7.56. The zero-order valence-electron chi connectivity index (χ0n) is 6.25. The van der Waals surface area contributed by atoms with Crippen molar-refractivity contribution in [3.8, 4) is 5.97 Å². The van der Waals surface area contributed by atoms with E-state index in [4.69, 9.17) is 10.4 Å². The van der Waals surface area contributed by atoms with Crippen LogP contribution in [0, 0.1) is 17.1 Å². The summed E-state index contributed by atoms with van der Waals surface area (Å²) in [4.78, 5) is 0. The van der Waals surface area contributed by atoms with Crippen molar-refractivity contribution < 1.29 is 5.11 Å². The van der Waals surface area contributed by atoms with Gasteiger partial charge in [-0.05, 0) is 12.8 Å². The van der Waals surface area contributed by atoms with E-state index in [1.54, 1.807) is 0 Å². The van der Waals surface area contributed by atoms with Gasteiger partial charge in [-0.15, -0.1) is 0 Å². The van der Waals surface area contributed by atoms with E-state index in [9.17, 15) is 0 Å². The SMILES string of the molecule is CC(O)[C@@H]1CCB(C#N)C1. The predicted octanol–water partition coefficient (Wildman–Crippen LogP) is 0.945. The van der Waals surface area contributed by atoms with Crippen LogP contribution in [0.5, 0.6) is 0 Å². The van der Waals surface area contributed by atoms with Crippen LogP contribution in [0.1, 0.15) is 13.3 Å². The number of nitrogens with zero attached hydrogens (tertiary/aromatic N) is 1. The first kappa shape index (κ1) is 7.62. The third kappa shape index (κ3) is 1.51. The molecule has 1 aliphatic rings. The van der Waals surface area contributed by atoms with Crippen LogP contribution in [0.2, 0.25) is 12.6 Å². The lowest BCUT2D eigenvalue weighted by Crippen LogP contribution is -2.14. The van der Waals surface area contributed by atoms with E-state index < -0.39 is 0 Å². The Hall–Kier alpha value is -0.485. The lowest BCUT2D eigenvalue weighted by atomic mass is 9.50.